The summed E-state index contributed by atoms with van der Waals surface area (Å²) in [5, 5.41) is 18.7. The molecule has 0 amide bonds. The summed E-state index contributed by atoms with van der Waals surface area (Å²) in [6, 6.07) is 5.93. The number of nitriles is 2. The van der Waals surface area contributed by atoms with Crippen molar-refractivity contribution < 1.29 is 4.74 Å². The van der Waals surface area contributed by atoms with Gasteiger partial charge in [-0.1, -0.05) is 12.2 Å². The van der Waals surface area contributed by atoms with E-state index in [1.54, 1.807) is 18.5 Å². The number of hydrogen-bond acceptors (Lipinski definition) is 6. The predicted octanol–water partition coefficient (Wildman–Crippen LogP) is 1.96. The highest BCUT2D eigenvalue weighted by molar-refractivity contribution is 6.11. The minimum absolute atomic E-state index is 0.0860. The molecule has 0 bridgehead atoms. The molecule has 6 heteroatoms. The maximum atomic E-state index is 9.56. The molecule has 4 rings (SSSR count). The van der Waals surface area contributed by atoms with Gasteiger partial charge in [-0.15, -0.1) is 0 Å². The second-order valence-corrected chi connectivity index (χ2v) is 5.56. The van der Waals surface area contributed by atoms with Gasteiger partial charge < -0.3 is 10.5 Å². The summed E-state index contributed by atoms with van der Waals surface area (Å²) in [5.74, 6) is -0.321. The van der Waals surface area contributed by atoms with Gasteiger partial charge in [0.15, 0.2) is 12.0 Å². The maximum absolute atomic E-state index is 9.56. The Morgan fingerprint density at radius 2 is 2.04 bits per heavy atom. The van der Waals surface area contributed by atoms with Crippen LogP contribution in [0.4, 0.5) is 0 Å². The van der Waals surface area contributed by atoms with Crippen LogP contribution in [0.15, 0.2) is 70.5 Å². The summed E-state index contributed by atoms with van der Waals surface area (Å²) in [6.07, 6.45) is 10.2. The predicted molar refractivity (Wildman–Crippen MR) is 86.1 cm³/mol. The zero-order valence-electron chi connectivity index (χ0n) is 12.5. The number of fused-ring (bicyclic) bond motifs is 3. The van der Waals surface area contributed by atoms with E-state index < -0.39 is 12.0 Å². The first-order valence-corrected chi connectivity index (χ1v) is 7.30. The number of allylic oxidation sites excluding steroid dienone is 4. The van der Waals surface area contributed by atoms with E-state index in [2.05, 4.69) is 22.1 Å². The number of aromatic nitrogens is 1. The van der Waals surface area contributed by atoms with Crippen LogP contribution < -0.4 is 5.73 Å². The van der Waals surface area contributed by atoms with Crippen molar-refractivity contribution in [2.75, 3.05) is 0 Å². The molecule has 114 valence electrons. The topological polar surface area (TPSA) is 108 Å². The highest BCUT2D eigenvalue weighted by Crippen LogP contribution is 2.43. The number of nitrogens with two attached hydrogens (primary N) is 1. The van der Waals surface area contributed by atoms with Crippen molar-refractivity contribution in [3.63, 3.8) is 0 Å². The van der Waals surface area contributed by atoms with Crippen molar-refractivity contribution >= 4 is 5.71 Å². The van der Waals surface area contributed by atoms with Gasteiger partial charge in [0, 0.05) is 24.2 Å². The minimum atomic E-state index is -0.437. The summed E-state index contributed by atoms with van der Waals surface area (Å²) >= 11 is 0. The second-order valence-electron chi connectivity index (χ2n) is 5.56. The molecule has 1 aromatic heterocycles. The van der Waals surface area contributed by atoms with Gasteiger partial charge in [-0.05, 0) is 23.3 Å². The number of pyridine rings is 1. The Balaban J connectivity index is 1.91. The van der Waals surface area contributed by atoms with E-state index in [0.717, 1.165) is 22.4 Å². The third-order valence-electron chi connectivity index (χ3n) is 4.24. The van der Waals surface area contributed by atoms with Gasteiger partial charge in [-0.25, -0.2) is 0 Å². The highest BCUT2D eigenvalue weighted by Gasteiger charge is 2.40. The summed E-state index contributed by atoms with van der Waals surface area (Å²) in [6.45, 7) is 0. The van der Waals surface area contributed by atoms with Crippen LogP contribution in [0.5, 0.6) is 0 Å². The normalized spacial score (nSPS) is 23.8. The van der Waals surface area contributed by atoms with Gasteiger partial charge in [0.2, 0.25) is 0 Å². The zero-order chi connectivity index (χ0) is 16.7. The number of aliphatic imine (C=N–C) groups is 1. The lowest BCUT2D eigenvalue weighted by molar-refractivity contribution is 0.173. The summed E-state index contributed by atoms with van der Waals surface area (Å²) in [5.41, 5.74) is 10.1. The third kappa shape index (κ3) is 1.94. The monoisotopic (exact) mass is 313 g/mol. The second kappa shape index (κ2) is 5.22. The van der Waals surface area contributed by atoms with Crippen LogP contribution in [0.3, 0.4) is 0 Å². The van der Waals surface area contributed by atoms with Crippen LogP contribution in [-0.2, 0) is 4.74 Å². The van der Waals surface area contributed by atoms with Gasteiger partial charge in [-0.2, -0.15) is 10.5 Å². The average Bonchev–Trinajstić information content (AvgIpc) is 3.09. The molecular weight excluding hydrogens is 302 g/mol. The van der Waals surface area contributed by atoms with Crippen molar-refractivity contribution in [3.05, 3.63) is 76.6 Å². The average molecular weight is 313 g/mol. The molecule has 3 heterocycles. The first-order chi connectivity index (χ1) is 11.7. The fourth-order valence-corrected chi connectivity index (χ4v) is 3.18. The number of hydrogen-bond donors (Lipinski definition) is 1. The molecule has 0 spiro atoms. The van der Waals surface area contributed by atoms with E-state index in [1.165, 1.54) is 6.20 Å². The Kier molecular flexibility index (Phi) is 3.04. The molecule has 0 saturated heterocycles. The van der Waals surface area contributed by atoms with Crippen molar-refractivity contribution in [2.45, 2.75) is 12.0 Å². The van der Waals surface area contributed by atoms with E-state index in [9.17, 15) is 5.26 Å². The van der Waals surface area contributed by atoms with E-state index in [-0.39, 0.29) is 5.88 Å². The Morgan fingerprint density at radius 1 is 1.17 bits per heavy atom. The molecule has 2 atom stereocenters. The number of rotatable bonds is 1. The summed E-state index contributed by atoms with van der Waals surface area (Å²) in [4.78, 5) is 8.47. The zero-order valence-corrected chi connectivity index (χ0v) is 12.5. The fraction of sp³-hybridized carbons (Fsp3) is 0.111. The van der Waals surface area contributed by atoms with Crippen LogP contribution in [0.2, 0.25) is 0 Å². The van der Waals surface area contributed by atoms with E-state index in [1.807, 2.05) is 18.2 Å². The number of nitrogens with zero attached hydrogens (tertiary/aromatic N) is 4. The van der Waals surface area contributed by atoms with Crippen LogP contribution in [0.1, 0.15) is 17.0 Å². The molecule has 1 aromatic rings. The molecule has 6 nitrogen and oxygen atoms in total. The summed E-state index contributed by atoms with van der Waals surface area (Å²) in [7, 11) is 0. The molecule has 24 heavy (non-hydrogen) atoms. The molecular formula is C18H11N5O. The van der Waals surface area contributed by atoms with Gasteiger partial charge in [-0.3, -0.25) is 9.98 Å². The van der Waals surface area contributed by atoms with Crippen molar-refractivity contribution in [2.24, 2.45) is 10.7 Å². The van der Waals surface area contributed by atoms with Crippen molar-refractivity contribution in [1.29, 1.82) is 10.5 Å². The molecule has 0 fully saturated rings. The Hall–Kier alpha value is -3.64. The van der Waals surface area contributed by atoms with Crippen molar-refractivity contribution in [1.82, 2.24) is 4.98 Å². The maximum Gasteiger partial charge on any atom is 0.200 e. The largest absolute Gasteiger partial charge is 0.464 e. The first kappa shape index (κ1) is 14.0. The van der Waals surface area contributed by atoms with Gasteiger partial charge in [0.1, 0.15) is 17.7 Å². The molecule has 1 aliphatic carbocycles. The molecule has 0 aromatic carbocycles. The smallest absolute Gasteiger partial charge is 0.200 e. The van der Waals surface area contributed by atoms with Gasteiger partial charge >= 0.3 is 0 Å². The highest BCUT2D eigenvalue weighted by atomic mass is 16.5. The summed E-state index contributed by atoms with van der Waals surface area (Å²) < 4.78 is 5.79. The van der Waals surface area contributed by atoms with Crippen LogP contribution >= 0.6 is 0 Å². The van der Waals surface area contributed by atoms with Crippen LogP contribution in [-0.4, -0.2) is 16.8 Å². The lowest BCUT2D eigenvalue weighted by Crippen LogP contribution is -2.37. The first-order valence-electron chi connectivity index (χ1n) is 7.30. The van der Waals surface area contributed by atoms with Crippen LogP contribution in [0.25, 0.3) is 0 Å². The molecule has 2 N–H and O–H groups in total. The SMILES string of the molecule is N#CC1=C(N)OC2C(=CC=C3C=CN=C32)C1c1cncc(C#N)c1. The Bertz CT molecular complexity index is 981. The Labute approximate surface area is 138 Å². The molecule has 3 aliphatic rings. The molecule has 0 radical (unpaired) electrons. The van der Waals surface area contributed by atoms with Crippen molar-refractivity contribution in [3.8, 4) is 12.1 Å². The quantitative estimate of drug-likeness (QED) is 0.852. The lowest BCUT2D eigenvalue weighted by atomic mass is 9.77. The van der Waals surface area contributed by atoms with E-state index >= 15 is 0 Å². The molecule has 2 aliphatic heterocycles. The molecule has 0 saturated carbocycles. The number of ether oxygens (including phenoxy) is 1. The van der Waals surface area contributed by atoms with Crippen LogP contribution in [0, 0.1) is 22.7 Å². The van der Waals surface area contributed by atoms with E-state index in [4.69, 9.17) is 15.7 Å². The van der Waals surface area contributed by atoms with Gasteiger partial charge in [0.25, 0.3) is 0 Å². The van der Waals surface area contributed by atoms with Gasteiger partial charge in [0.05, 0.1) is 17.2 Å². The third-order valence-corrected chi connectivity index (χ3v) is 4.24. The minimum Gasteiger partial charge on any atom is -0.464 e. The van der Waals surface area contributed by atoms with E-state index in [0.29, 0.717) is 11.1 Å². The standard InChI is InChI=1S/C18H11N5O/c19-6-10-5-12(9-22-8-10)15-13-2-1-11-3-4-23-16(11)17(13)24-18(21)14(15)7-20/h1-5,8-9,15,17H,21H2. The lowest BCUT2D eigenvalue weighted by Gasteiger charge is -2.35. The fourth-order valence-electron chi connectivity index (χ4n) is 3.18. The molecule has 2 unspecified atom stereocenters. The Morgan fingerprint density at radius 3 is 2.83 bits per heavy atom.